The van der Waals surface area contributed by atoms with Gasteiger partial charge in [0.2, 0.25) is 6.29 Å². The number of nitrogens with two attached hydrogens (primary N) is 1. The summed E-state index contributed by atoms with van der Waals surface area (Å²) in [4.78, 5) is 59.3. The van der Waals surface area contributed by atoms with Crippen LogP contribution in [-0.2, 0) is 33.5 Å². The summed E-state index contributed by atoms with van der Waals surface area (Å²) in [6.07, 6.45) is 0.579. The van der Waals surface area contributed by atoms with E-state index in [2.05, 4.69) is 15.5 Å². The third-order valence-electron chi connectivity index (χ3n) is 4.36. The van der Waals surface area contributed by atoms with E-state index in [-0.39, 0.29) is 28.7 Å². The number of anilines is 1. The highest BCUT2D eigenvalue weighted by Gasteiger charge is 2.53. The lowest BCUT2D eigenvalue weighted by Crippen LogP contribution is -2.70. The number of aromatic nitrogens is 1. The van der Waals surface area contributed by atoms with E-state index in [1.165, 1.54) is 30.7 Å². The lowest BCUT2D eigenvalue weighted by atomic mass is 10.0. The molecule has 3 N–H and O–H groups in total. The van der Waals surface area contributed by atoms with Crippen LogP contribution in [0.4, 0.5) is 5.13 Å². The van der Waals surface area contributed by atoms with E-state index in [0.29, 0.717) is 5.75 Å². The molecule has 1 saturated heterocycles. The van der Waals surface area contributed by atoms with Crippen LogP contribution >= 0.6 is 23.1 Å². The van der Waals surface area contributed by atoms with E-state index in [9.17, 15) is 19.2 Å². The number of hydrogen-bond acceptors (Lipinski definition) is 12. The van der Waals surface area contributed by atoms with Crippen LogP contribution < -0.4 is 11.1 Å². The molecule has 0 bridgehead atoms. The average Bonchev–Trinajstić information content (AvgIpc) is 3.20. The number of thioether (sulfide) groups is 1. The minimum atomic E-state index is -1.10. The number of thiazole rings is 1. The minimum absolute atomic E-state index is 0.0294. The van der Waals surface area contributed by atoms with Crippen LogP contribution in [0.15, 0.2) is 22.3 Å². The Bertz CT molecular complexity index is 992. The van der Waals surface area contributed by atoms with Crippen molar-refractivity contribution >= 4 is 57.7 Å². The van der Waals surface area contributed by atoms with Crippen molar-refractivity contribution in [3.05, 3.63) is 22.8 Å². The van der Waals surface area contributed by atoms with Crippen molar-refractivity contribution in [2.75, 3.05) is 18.6 Å². The molecular weight excluding hydrogens is 462 g/mol. The predicted octanol–water partition coefficient (Wildman–Crippen LogP) is 0.202. The summed E-state index contributed by atoms with van der Waals surface area (Å²) in [7, 11) is 1.28. The van der Waals surface area contributed by atoms with Gasteiger partial charge in [-0.2, -0.15) is 0 Å². The van der Waals surface area contributed by atoms with Gasteiger partial charge in [-0.1, -0.05) is 12.1 Å². The fourth-order valence-electron chi connectivity index (χ4n) is 2.93. The van der Waals surface area contributed by atoms with E-state index < -0.39 is 41.5 Å². The molecule has 3 rings (SSSR count). The summed E-state index contributed by atoms with van der Waals surface area (Å²) in [6.45, 7) is 3.02. The number of rotatable bonds is 8. The van der Waals surface area contributed by atoms with Crippen LogP contribution in [0.1, 0.15) is 26.0 Å². The topological polar surface area (TPSA) is 163 Å². The highest BCUT2D eigenvalue weighted by Crippen LogP contribution is 2.38. The predicted molar refractivity (Wildman–Crippen MR) is 115 cm³/mol. The molecule has 2 amide bonds. The second kappa shape index (κ2) is 9.99. The summed E-state index contributed by atoms with van der Waals surface area (Å²) < 4.78 is 10.0. The van der Waals surface area contributed by atoms with Crippen molar-refractivity contribution in [3.63, 3.8) is 0 Å². The second-order valence-corrected chi connectivity index (χ2v) is 8.52. The highest BCUT2D eigenvalue weighted by molar-refractivity contribution is 8.00. The third-order valence-corrected chi connectivity index (χ3v) is 6.22. The van der Waals surface area contributed by atoms with Gasteiger partial charge in [-0.25, -0.2) is 9.78 Å². The maximum Gasteiger partial charge on any atom is 0.357 e. The standard InChI is InChI=1S/C18H21N5O7S2/c1-4-11(24)29-8(2)30-17(27)10-5-6-31-16-13(15(26)23(10)16)21-14(25)12(22-28-3)9-7-32-18(19)20-9/h5,7-8,13,16H,4,6H2,1-3H3,(H2,19,20)(H,21,25)/b22-12-/t8?,13?,16-/m1/s1. The van der Waals surface area contributed by atoms with Crippen LogP contribution in [-0.4, -0.2) is 69.9 Å². The van der Waals surface area contributed by atoms with Gasteiger partial charge in [-0.15, -0.1) is 23.1 Å². The lowest BCUT2D eigenvalue weighted by Gasteiger charge is -2.48. The van der Waals surface area contributed by atoms with Gasteiger partial charge in [0.05, 0.1) is 0 Å². The molecule has 1 aromatic rings. The van der Waals surface area contributed by atoms with Gasteiger partial charge in [0.25, 0.3) is 11.8 Å². The van der Waals surface area contributed by atoms with Gasteiger partial charge in [-0.05, 0) is 6.08 Å². The summed E-state index contributed by atoms with van der Waals surface area (Å²) >= 11 is 2.49. The van der Waals surface area contributed by atoms with Gasteiger partial charge in [0, 0.05) is 24.5 Å². The van der Waals surface area contributed by atoms with Gasteiger partial charge < -0.3 is 25.4 Å². The zero-order valence-electron chi connectivity index (χ0n) is 17.4. The molecular formula is C18H21N5O7S2. The van der Waals surface area contributed by atoms with Crippen LogP contribution in [0, 0.1) is 0 Å². The Morgan fingerprint density at radius 1 is 1.41 bits per heavy atom. The van der Waals surface area contributed by atoms with E-state index in [1.54, 1.807) is 18.4 Å². The van der Waals surface area contributed by atoms with Crippen molar-refractivity contribution < 1.29 is 33.5 Å². The number of esters is 2. The van der Waals surface area contributed by atoms with E-state index in [0.717, 1.165) is 11.3 Å². The molecule has 2 aliphatic heterocycles. The molecule has 0 spiro atoms. The van der Waals surface area contributed by atoms with E-state index >= 15 is 0 Å². The number of oxime groups is 1. The van der Waals surface area contributed by atoms with Crippen LogP contribution in [0.2, 0.25) is 0 Å². The quantitative estimate of drug-likeness (QED) is 0.172. The smallest absolute Gasteiger partial charge is 0.357 e. The van der Waals surface area contributed by atoms with Crippen molar-refractivity contribution in [2.24, 2.45) is 5.16 Å². The molecule has 0 aliphatic carbocycles. The van der Waals surface area contributed by atoms with Crippen molar-refractivity contribution in [1.82, 2.24) is 15.2 Å². The van der Waals surface area contributed by atoms with Crippen LogP contribution in [0.25, 0.3) is 0 Å². The summed E-state index contributed by atoms with van der Waals surface area (Å²) in [5, 5.41) is 7.57. The molecule has 172 valence electrons. The summed E-state index contributed by atoms with van der Waals surface area (Å²) in [5.74, 6) is -2.07. The number of nitrogens with zero attached hydrogens (tertiary/aromatic N) is 3. The van der Waals surface area contributed by atoms with Gasteiger partial charge in [-0.3, -0.25) is 19.3 Å². The van der Waals surface area contributed by atoms with E-state index in [4.69, 9.17) is 20.0 Å². The number of amides is 2. The molecule has 2 aliphatic rings. The minimum Gasteiger partial charge on any atom is -0.425 e. The molecule has 32 heavy (non-hydrogen) atoms. The largest absolute Gasteiger partial charge is 0.425 e. The second-order valence-electron chi connectivity index (χ2n) is 6.48. The van der Waals surface area contributed by atoms with Crippen LogP contribution in [0.3, 0.4) is 0 Å². The number of carbonyl (C=O) groups is 4. The van der Waals surface area contributed by atoms with Gasteiger partial charge >= 0.3 is 11.9 Å². The fourth-order valence-corrected chi connectivity index (χ4v) is 4.68. The maximum atomic E-state index is 12.7. The SMILES string of the molecule is CCC(=O)OC(C)OC(=O)C1=CCS[C@@H]2C(NC(=O)/C(=N\OC)c3csc(N)n3)C(=O)N12. The molecule has 1 fully saturated rings. The zero-order chi connectivity index (χ0) is 23.4. The molecule has 1 aromatic heterocycles. The normalized spacial score (nSPS) is 21.0. The first-order chi connectivity index (χ1) is 15.3. The highest BCUT2D eigenvalue weighted by atomic mass is 32.2. The zero-order valence-corrected chi connectivity index (χ0v) is 19.0. The van der Waals surface area contributed by atoms with Gasteiger partial charge in [0.15, 0.2) is 10.8 Å². The monoisotopic (exact) mass is 483 g/mol. The van der Waals surface area contributed by atoms with Crippen molar-refractivity contribution in [3.8, 4) is 0 Å². The molecule has 12 nitrogen and oxygen atoms in total. The fraction of sp³-hybridized carbons (Fsp3) is 0.444. The molecule has 3 heterocycles. The Labute approximate surface area is 191 Å². The van der Waals surface area contributed by atoms with Crippen molar-refractivity contribution in [1.29, 1.82) is 0 Å². The number of carbonyl (C=O) groups excluding carboxylic acids is 4. The Morgan fingerprint density at radius 2 is 2.16 bits per heavy atom. The number of ether oxygens (including phenoxy) is 2. The average molecular weight is 484 g/mol. The van der Waals surface area contributed by atoms with Crippen LogP contribution in [0.5, 0.6) is 0 Å². The number of nitrogens with one attached hydrogen (secondary N) is 1. The van der Waals surface area contributed by atoms with Gasteiger partial charge in [0.1, 0.15) is 29.9 Å². The molecule has 3 atom stereocenters. The number of nitrogen functional groups attached to an aromatic ring is 1. The Morgan fingerprint density at radius 3 is 2.78 bits per heavy atom. The maximum absolute atomic E-state index is 12.7. The molecule has 0 radical (unpaired) electrons. The number of fused-ring (bicyclic) bond motifs is 1. The summed E-state index contributed by atoms with van der Waals surface area (Å²) in [5.41, 5.74) is 5.72. The number of hydrogen-bond donors (Lipinski definition) is 2. The van der Waals surface area contributed by atoms with E-state index in [1.807, 2.05) is 0 Å². The third kappa shape index (κ3) is 4.85. The first kappa shape index (κ1) is 23.5. The molecule has 0 aromatic carbocycles. The Kier molecular flexibility index (Phi) is 7.35. The first-order valence-corrected chi connectivity index (χ1v) is 11.4. The Balaban J connectivity index is 1.66. The van der Waals surface area contributed by atoms with Crippen molar-refractivity contribution in [2.45, 2.75) is 38.0 Å². The molecule has 14 heteroatoms. The molecule has 0 saturated carbocycles. The molecule has 2 unspecified atom stereocenters. The Hall–Kier alpha value is -3.13. The first-order valence-electron chi connectivity index (χ1n) is 9.45. The number of β-lactam (4-membered cyclic amide) rings is 1. The lowest BCUT2D eigenvalue weighted by molar-refractivity contribution is -0.183. The summed E-state index contributed by atoms with van der Waals surface area (Å²) in [6, 6.07) is -0.891.